The Morgan fingerprint density at radius 1 is 1.14 bits per heavy atom. The number of hydrogen-bond donors (Lipinski definition) is 2. The van der Waals surface area contributed by atoms with Gasteiger partial charge in [-0.05, 0) is 55.3 Å². The molecule has 1 aliphatic heterocycles. The number of aliphatic hydroxyl groups is 1. The van der Waals surface area contributed by atoms with Gasteiger partial charge in [-0.1, -0.05) is 0 Å². The number of piperidine rings is 1. The number of aromatic amines is 1. The van der Waals surface area contributed by atoms with Crippen molar-refractivity contribution in [1.82, 2.24) is 9.88 Å². The first-order valence-corrected chi connectivity index (χ1v) is 9.60. The van der Waals surface area contributed by atoms with Crippen molar-refractivity contribution in [2.24, 2.45) is 0 Å². The van der Waals surface area contributed by atoms with Crippen LogP contribution in [0.4, 0.5) is 4.39 Å². The minimum absolute atomic E-state index is 0.121. The molecule has 2 heterocycles. The maximum Gasteiger partial charge on any atom is 0.123 e. The molecule has 28 heavy (non-hydrogen) atoms. The molecule has 1 atom stereocenters. The van der Waals surface area contributed by atoms with Crippen molar-refractivity contribution in [1.29, 1.82) is 0 Å². The lowest BCUT2D eigenvalue weighted by Crippen LogP contribution is -2.40. The van der Waals surface area contributed by atoms with Crippen LogP contribution >= 0.6 is 0 Å². The van der Waals surface area contributed by atoms with E-state index in [1.165, 1.54) is 12.1 Å². The van der Waals surface area contributed by atoms with Crippen LogP contribution in [0.25, 0.3) is 10.9 Å². The molecule has 4 rings (SSSR count). The first-order valence-electron chi connectivity index (χ1n) is 9.60. The van der Waals surface area contributed by atoms with Gasteiger partial charge in [0.2, 0.25) is 0 Å². The predicted octanol–water partition coefficient (Wildman–Crippen LogP) is 3.89. The third-order valence-electron chi connectivity index (χ3n) is 5.36. The number of aromatic nitrogens is 1. The van der Waals surface area contributed by atoms with E-state index in [0.717, 1.165) is 48.1 Å². The van der Waals surface area contributed by atoms with E-state index in [1.807, 2.05) is 24.4 Å². The number of aliphatic hydroxyl groups excluding tert-OH is 1. The number of nitrogens with one attached hydrogen (secondary N) is 1. The van der Waals surface area contributed by atoms with Gasteiger partial charge in [0.15, 0.2) is 0 Å². The molecular weight excluding hydrogens is 359 g/mol. The average molecular weight is 384 g/mol. The number of hydrogen-bond acceptors (Lipinski definition) is 4. The molecule has 1 aliphatic rings. The number of methoxy groups -OCH3 is 1. The van der Waals surface area contributed by atoms with Gasteiger partial charge in [-0.25, -0.2) is 4.39 Å². The van der Waals surface area contributed by atoms with Crippen molar-refractivity contribution < 1.29 is 19.0 Å². The Morgan fingerprint density at radius 2 is 1.86 bits per heavy atom. The molecule has 0 bridgehead atoms. The van der Waals surface area contributed by atoms with E-state index in [9.17, 15) is 9.50 Å². The summed E-state index contributed by atoms with van der Waals surface area (Å²) in [4.78, 5) is 5.47. The fourth-order valence-corrected chi connectivity index (χ4v) is 3.78. The molecule has 0 amide bonds. The van der Waals surface area contributed by atoms with Crippen LogP contribution < -0.4 is 9.47 Å². The molecule has 0 saturated carbocycles. The van der Waals surface area contributed by atoms with E-state index in [0.29, 0.717) is 12.3 Å². The van der Waals surface area contributed by atoms with Crippen LogP contribution in [0.1, 0.15) is 24.5 Å². The molecule has 2 N–H and O–H groups in total. The van der Waals surface area contributed by atoms with E-state index in [4.69, 9.17) is 9.47 Å². The van der Waals surface area contributed by atoms with Crippen molar-refractivity contribution in [3.05, 3.63) is 60.0 Å². The molecule has 6 heteroatoms. The summed E-state index contributed by atoms with van der Waals surface area (Å²) in [6.07, 6.45) is 3.18. The number of fused-ring (bicyclic) bond motifs is 1. The highest BCUT2D eigenvalue weighted by molar-refractivity contribution is 5.85. The lowest BCUT2D eigenvalue weighted by atomic mass is 10.0. The summed E-state index contributed by atoms with van der Waals surface area (Å²) in [5.41, 5.74) is 1.87. The first kappa shape index (κ1) is 18.8. The fraction of sp³-hybridized carbons (Fsp3) is 0.364. The third kappa shape index (κ3) is 4.13. The summed E-state index contributed by atoms with van der Waals surface area (Å²) in [6, 6.07) is 12.0. The van der Waals surface area contributed by atoms with Gasteiger partial charge in [0.25, 0.3) is 0 Å². The second-order valence-electron chi connectivity index (χ2n) is 7.24. The highest BCUT2D eigenvalue weighted by Crippen LogP contribution is 2.29. The first-order chi connectivity index (χ1) is 13.6. The SMILES string of the molecule is COc1ccc2[nH]cc(C(O)CN3CCC(Oc4ccc(F)cc4)CC3)c2c1. The number of rotatable bonds is 6. The van der Waals surface area contributed by atoms with Gasteiger partial charge in [-0.15, -0.1) is 0 Å². The number of halogens is 1. The fourth-order valence-electron chi connectivity index (χ4n) is 3.78. The smallest absolute Gasteiger partial charge is 0.123 e. The zero-order valence-corrected chi connectivity index (χ0v) is 15.9. The number of H-pyrrole nitrogens is 1. The normalized spacial score (nSPS) is 17.0. The summed E-state index contributed by atoms with van der Waals surface area (Å²) >= 11 is 0. The van der Waals surface area contributed by atoms with Gasteiger partial charge in [0, 0.05) is 42.3 Å². The summed E-state index contributed by atoms with van der Waals surface area (Å²) < 4.78 is 24.2. The Morgan fingerprint density at radius 3 is 2.57 bits per heavy atom. The van der Waals surface area contributed by atoms with E-state index >= 15 is 0 Å². The van der Waals surface area contributed by atoms with Crippen LogP contribution in [0, 0.1) is 5.82 Å². The topological polar surface area (TPSA) is 57.7 Å². The number of nitrogens with zero attached hydrogens (tertiary/aromatic N) is 1. The molecule has 3 aromatic rings. The number of likely N-dealkylation sites (tertiary alicyclic amines) is 1. The number of ether oxygens (including phenoxy) is 2. The lowest BCUT2D eigenvalue weighted by molar-refractivity contribution is 0.0615. The minimum atomic E-state index is -0.574. The van der Waals surface area contributed by atoms with E-state index < -0.39 is 6.10 Å². The summed E-state index contributed by atoms with van der Waals surface area (Å²) in [5.74, 6) is 1.22. The van der Waals surface area contributed by atoms with E-state index in [1.54, 1.807) is 19.2 Å². The Labute approximate surface area is 163 Å². The van der Waals surface area contributed by atoms with Crippen molar-refractivity contribution in [3.8, 4) is 11.5 Å². The molecule has 1 fully saturated rings. The Hall–Kier alpha value is -2.57. The van der Waals surface area contributed by atoms with E-state index in [-0.39, 0.29) is 11.9 Å². The third-order valence-corrected chi connectivity index (χ3v) is 5.36. The molecule has 1 aromatic heterocycles. The van der Waals surface area contributed by atoms with Gasteiger partial charge in [-0.3, -0.25) is 0 Å². The Balaban J connectivity index is 1.34. The van der Waals surface area contributed by atoms with Crippen LogP contribution in [-0.4, -0.2) is 47.8 Å². The molecule has 2 aromatic carbocycles. The summed E-state index contributed by atoms with van der Waals surface area (Å²) in [5, 5.41) is 11.8. The number of benzene rings is 2. The van der Waals surface area contributed by atoms with Crippen molar-refractivity contribution in [3.63, 3.8) is 0 Å². The molecule has 0 aliphatic carbocycles. The van der Waals surface area contributed by atoms with Crippen LogP contribution in [-0.2, 0) is 0 Å². The minimum Gasteiger partial charge on any atom is -0.497 e. The number of β-amino-alcohol motifs (C(OH)–C–C–N with tert-alkyl or cyclic N) is 1. The molecule has 5 nitrogen and oxygen atoms in total. The van der Waals surface area contributed by atoms with Gasteiger partial charge < -0.3 is 24.5 Å². The van der Waals surface area contributed by atoms with E-state index in [2.05, 4.69) is 9.88 Å². The predicted molar refractivity (Wildman–Crippen MR) is 106 cm³/mol. The molecule has 1 saturated heterocycles. The van der Waals surface area contributed by atoms with Gasteiger partial charge in [-0.2, -0.15) is 0 Å². The van der Waals surface area contributed by atoms with Crippen LogP contribution in [0.5, 0.6) is 11.5 Å². The van der Waals surface area contributed by atoms with Crippen LogP contribution in [0.2, 0.25) is 0 Å². The zero-order valence-electron chi connectivity index (χ0n) is 15.9. The maximum atomic E-state index is 13.0. The molecule has 0 spiro atoms. The van der Waals surface area contributed by atoms with Gasteiger partial charge in [0.1, 0.15) is 23.4 Å². The van der Waals surface area contributed by atoms with Gasteiger partial charge >= 0.3 is 0 Å². The standard InChI is InChI=1S/C22H25FN2O3/c1-27-18-6-7-21-19(12-18)20(13-24-21)22(26)14-25-10-8-17(9-11-25)28-16-4-2-15(23)3-5-16/h2-7,12-13,17,22,24,26H,8-11,14H2,1H3. The van der Waals surface area contributed by atoms with Crippen molar-refractivity contribution >= 4 is 10.9 Å². The second kappa shape index (κ2) is 8.20. The average Bonchev–Trinajstić information content (AvgIpc) is 3.14. The Kier molecular flexibility index (Phi) is 5.50. The quantitative estimate of drug-likeness (QED) is 0.677. The van der Waals surface area contributed by atoms with Crippen LogP contribution in [0.3, 0.4) is 0 Å². The maximum absolute atomic E-state index is 13.0. The monoisotopic (exact) mass is 384 g/mol. The molecule has 1 unspecified atom stereocenters. The highest BCUT2D eigenvalue weighted by Gasteiger charge is 2.24. The van der Waals surface area contributed by atoms with Crippen molar-refractivity contribution in [2.45, 2.75) is 25.0 Å². The summed E-state index contributed by atoms with van der Waals surface area (Å²) in [7, 11) is 1.64. The molecular formula is C22H25FN2O3. The van der Waals surface area contributed by atoms with Crippen molar-refractivity contribution in [2.75, 3.05) is 26.7 Å². The highest BCUT2D eigenvalue weighted by atomic mass is 19.1. The lowest BCUT2D eigenvalue weighted by Gasteiger charge is -2.33. The zero-order chi connectivity index (χ0) is 19.5. The molecule has 148 valence electrons. The largest absolute Gasteiger partial charge is 0.497 e. The van der Waals surface area contributed by atoms with Gasteiger partial charge in [0.05, 0.1) is 13.2 Å². The Bertz CT molecular complexity index is 917. The molecule has 0 radical (unpaired) electrons. The second-order valence-corrected chi connectivity index (χ2v) is 7.24. The van der Waals surface area contributed by atoms with Crippen LogP contribution in [0.15, 0.2) is 48.7 Å². The summed E-state index contributed by atoms with van der Waals surface area (Å²) in [6.45, 7) is 2.29.